The van der Waals surface area contributed by atoms with Gasteiger partial charge in [0, 0.05) is 11.3 Å². The van der Waals surface area contributed by atoms with E-state index in [-0.39, 0.29) is 11.0 Å². The smallest absolute Gasteiger partial charge is 0.257 e. The molecule has 0 aromatic heterocycles. The Hall–Kier alpha value is -2.60. The highest BCUT2D eigenvalue weighted by Gasteiger charge is 2.12. The van der Waals surface area contributed by atoms with Crippen LogP contribution in [0.3, 0.4) is 0 Å². The largest absolute Gasteiger partial charge is 0.493 e. The second kappa shape index (κ2) is 7.79. The number of anilines is 1. The second-order valence-corrected chi connectivity index (χ2v) is 5.63. The van der Waals surface area contributed by atoms with Crippen LogP contribution in [0, 0.1) is 13.8 Å². The number of amides is 1. The Morgan fingerprint density at radius 3 is 2.42 bits per heavy atom. The van der Waals surface area contributed by atoms with E-state index in [4.69, 9.17) is 21.7 Å². The molecule has 0 aliphatic heterocycles. The molecular formula is C18H20N2O3S. The summed E-state index contributed by atoms with van der Waals surface area (Å²) in [5, 5.41) is 5.95. The highest BCUT2D eigenvalue weighted by molar-refractivity contribution is 7.80. The monoisotopic (exact) mass is 344 g/mol. The van der Waals surface area contributed by atoms with Gasteiger partial charge in [0.25, 0.3) is 5.91 Å². The van der Waals surface area contributed by atoms with Crippen LogP contribution in [-0.4, -0.2) is 25.2 Å². The first-order chi connectivity index (χ1) is 11.5. The molecule has 24 heavy (non-hydrogen) atoms. The Balaban J connectivity index is 2.09. The first kappa shape index (κ1) is 17.7. The number of methoxy groups -OCH3 is 2. The lowest BCUT2D eigenvalue weighted by molar-refractivity contribution is 0.0977. The zero-order valence-electron chi connectivity index (χ0n) is 14.1. The molecule has 0 heterocycles. The van der Waals surface area contributed by atoms with Crippen molar-refractivity contribution in [1.82, 2.24) is 5.32 Å². The van der Waals surface area contributed by atoms with E-state index < -0.39 is 0 Å². The lowest BCUT2D eigenvalue weighted by atomic mass is 10.1. The summed E-state index contributed by atoms with van der Waals surface area (Å²) >= 11 is 5.23. The molecule has 0 aliphatic carbocycles. The number of hydrogen-bond donors (Lipinski definition) is 2. The molecule has 0 aliphatic rings. The molecule has 6 heteroatoms. The van der Waals surface area contributed by atoms with Crippen LogP contribution in [0.4, 0.5) is 5.69 Å². The molecule has 0 saturated heterocycles. The maximum Gasteiger partial charge on any atom is 0.257 e. The minimum absolute atomic E-state index is 0.239. The minimum atomic E-state index is -0.321. The normalized spacial score (nSPS) is 10.0. The van der Waals surface area contributed by atoms with Gasteiger partial charge in [0.05, 0.1) is 14.2 Å². The number of thiocarbonyl (C=S) groups is 1. The number of carbonyl (C=O) groups excluding carboxylic acids is 1. The molecule has 2 aromatic carbocycles. The molecule has 2 N–H and O–H groups in total. The average molecular weight is 344 g/mol. The quantitative estimate of drug-likeness (QED) is 0.832. The van der Waals surface area contributed by atoms with E-state index in [0.29, 0.717) is 17.1 Å². The van der Waals surface area contributed by atoms with Gasteiger partial charge in [0.2, 0.25) is 0 Å². The van der Waals surface area contributed by atoms with Crippen molar-refractivity contribution in [2.75, 3.05) is 19.5 Å². The molecule has 0 atom stereocenters. The Morgan fingerprint density at radius 2 is 1.75 bits per heavy atom. The van der Waals surface area contributed by atoms with Crippen molar-refractivity contribution >= 4 is 28.9 Å². The predicted molar refractivity (Wildman–Crippen MR) is 99.1 cm³/mol. The van der Waals surface area contributed by atoms with Crippen LogP contribution < -0.4 is 20.1 Å². The van der Waals surface area contributed by atoms with Crippen molar-refractivity contribution in [2.24, 2.45) is 0 Å². The highest BCUT2D eigenvalue weighted by Crippen LogP contribution is 2.27. The fourth-order valence-corrected chi connectivity index (χ4v) is 2.40. The summed E-state index contributed by atoms with van der Waals surface area (Å²) in [5.41, 5.74) is 3.53. The van der Waals surface area contributed by atoms with E-state index in [0.717, 1.165) is 16.8 Å². The molecule has 0 fully saturated rings. The zero-order valence-corrected chi connectivity index (χ0v) is 14.9. The number of hydrogen-bond acceptors (Lipinski definition) is 4. The van der Waals surface area contributed by atoms with Gasteiger partial charge in [-0.3, -0.25) is 10.1 Å². The Morgan fingerprint density at radius 1 is 1.04 bits per heavy atom. The average Bonchev–Trinajstić information content (AvgIpc) is 2.58. The Kier molecular flexibility index (Phi) is 5.76. The van der Waals surface area contributed by atoms with Gasteiger partial charge in [-0.1, -0.05) is 12.1 Å². The molecule has 126 valence electrons. The van der Waals surface area contributed by atoms with Gasteiger partial charge in [-0.15, -0.1) is 0 Å². The molecule has 1 amide bonds. The number of ether oxygens (including phenoxy) is 2. The van der Waals surface area contributed by atoms with E-state index in [9.17, 15) is 4.79 Å². The first-order valence-electron chi connectivity index (χ1n) is 7.37. The van der Waals surface area contributed by atoms with Gasteiger partial charge in [0.15, 0.2) is 16.6 Å². The standard InChI is InChI=1S/C18H20N2O3S/c1-11-6-5-7-14(12(11)2)19-18(24)20-17(21)13-8-9-15(22-3)16(10-13)23-4/h5-10H,1-4H3,(H2,19,20,21,24). The third kappa shape index (κ3) is 4.02. The van der Waals surface area contributed by atoms with Gasteiger partial charge in [0.1, 0.15) is 0 Å². The lowest BCUT2D eigenvalue weighted by Crippen LogP contribution is -2.34. The summed E-state index contributed by atoms with van der Waals surface area (Å²) in [7, 11) is 3.06. The zero-order chi connectivity index (χ0) is 17.7. The van der Waals surface area contributed by atoms with Gasteiger partial charge < -0.3 is 14.8 Å². The summed E-state index contributed by atoms with van der Waals surface area (Å²) in [5.74, 6) is 0.724. The van der Waals surface area contributed by atoms with Crippen LogP contribution in [0.5, 0.6) is 11.5 Å². The highest BCUT2D eigenvalue weighted by atomic mass is 32.1. The van der Waals surface area contributed by atoms with E-state index in [1.165, 1.54) is 7.11 Å². The fraction of sp³-hybridized carbons (Fsp3) is 0.222. The van der Waals surface area contributed by atoms with Crippen LogP contribution in [-0.2, 0) is 0 Å². The van der Waals surface area contributed by atoms with Gasteiger partial charge in [-0.2, -0.15) is 0 Å². The number of benzene rings is 2. The molecule has 5 nitrogen and oxygen atoms in total. The Bertz CT molecular complexity index is 775. The molecule has 2 rings (SSSR count). The third-order valence-corrected chi connectivity index (χ3v) is 3.93. The summed E-state index contributed by atoms with van der Waals surface area (Å²) in [4.78, 5) is 12.3. The van der Waals surface area contributed by atoms with Gasteiger partial charge in [-0.05, 0) is 61.5 Å². The summed E-state index contributed by atoms with van der Waals surface area (Å²) in [6, 6.07) is 10.8. The van der Waals surface area contributed by atoms with E-state index >= 15 is 0 Å². The van der Waals surface area contributed by atoms with Crippen LogP contribution >= 0.6 is 12.2 Å². The molecule has 0 bridgehead atoms. The second-order valence-electron chi connectivity index (χ2n) is 5.23. The fourth-order valence-electron chi connectivity index (χ4n) is 2.19. The molecule has 0 saturated carbocycles. The molecule has 0 spiro atoms. The van der Waals surface area contributed by atoms with Crippen LogP contribution in [0.2, 0.25) is 0 Å². The minimum Gasteiger partial charge on any atom is -0.493 e. The third-order valence-electron chi connectivity index (χ3n) is 3.73. The predicted octanol–water partition coefficient (Wildman–Crippen LogP) is 3.45. The van der Waals surface area contributed by atoms with Gasteiger partial charge in [-0.25, -0.2) is 0 Å². The summed E-state index contributed by atoms with van der Waals surface area (Å²) in [6.45, 7) is 4.02. The number of carbonyl (C=O) groups is 1. The maximum atomic E-state index is 12.3. The number of nitrogens with one attached hydrogen (secondary N) is 2. The van der Waals surface area contributed by atoms with E-state index in [1.807, 2.05) is 32.0 Å². The van der Waals surface area contributed by atoms with Crippen LogP contribution in [0.25, 0.3) is 0 Å². The van der Waals surface area contributed by atoms with Crippen LogP contribution in [0.1, 0.15) is 21.5 Å². The Labute approximate surface area is 147 Å². The van der Waals surface area contributed by atoms with E-state index in [1.54, 1.807) is 25.3 Å². The number of rotatable bonds is 4. The SMILES string of the molecule is COc1ccc(C(=O)NC(=S)Nc2cccc(C)c2C)cc1OC. The molecule has 0 unspecified atom stereocenters. The lowest BCUT2D eigenvalue weighted by Gasteiger charge is -2.14. The first-order valence-corrected chi connectivity index (χ1v) is 7.77. The van der Waals surface area contributed by atoms with E-state index in [2.05, 4.69) is 10.6 Å². The molecular weight excluding hydrogens is 324 g/mol. The van der Waals surface area contributed by atoms with Crippen molar-refractivity contribution in [3.8, 4) is 11.5 Å². The van der Waals surface area contributed by atoms with Crippen molar-refractivity contribution in [3.05, 3.63) is 53.1 Å². The van der Waals surface area contributed by atoms with Crippen molar-refractivity contribution < 1.29 is 14.3 Å². The topological polar surface area (TPSA) is 59.6 Å². The van der Waals surface area contributed by atoms with Crippen molar-refractivity contribution in [2.45, 2.75) is 13.8 Å². The maximum absolute atomic E-state index is 12.3. The summed E-state index contributed by atoms with van der Waals surface area (Å²) < 4.78 is 10.4. The van der Waals surface area contributed by atoms with Crippen molar-refractivity contribution in [3.63, 3.8) is 0 Å². The van der Waals surface area contributed by atoms with Crippen LogP contribution in [0.15, 0.2) is 36.4 Å². The number of aryl methyl sites for hydroxylation is 1. The molecule has 2 aromatic rings. The molecule has 0 radical (unpaired) electrons. The summed E-state index contributed by atoms with van der Waals surface area (Å²) in [6.07, 6.45) is 0. The van der Waals surface area contributed by atoms with Crippen molar-refractivity contribution in [1.29, 1.82) is 0 Å². The van der Waals surface area contributed by atoms with Gasteiger partial charge >= 0.3 is 0 Å².